The second-order valence-corrected chi connectivity index (χ2v) is 4.87. The van der Waals surface area contributed by atoms with Crippen molar-refractivity contribution in [3.8, 4) is 5.75 Å². The molecule has 1 aliphatic rings. The standard InChI is InChI=1S/C15H20N2O3/c1-20-13-7-3-2-5-11(13)6-4-10-16-15(19)12-8-9-14(18)17-12/h2-3,5,7,12H,4,6,8-10H2,1H3,(H,16,19)(H,17,18)/t12-/m0/s1. The van der Waals surface area contributed by atoms with E-state index in [1.807, 2.05) is 24.3 Å². The van der Waals surface area contributed by atoms with Crippen LogP contribution in [0, 0.1) is 0 Å². The normalized spacial score (nSPS) is 17.6. The monoisotopic (exact) mass is 276 g/mol. The van der Waals surface area contributed by atoms with E-state index in [1.165, 1.54) is 0 Å². The first-order chi connectivity index (χ1) is 9.70. The van der Waals surface area contributed by atoms with E-state index in [9.17, 15) is 9.59 Å². The van der Waals surface area contributed by atoms with Crippen LogP contribution in [0.15, 0.2) is 24.3 Å². The average molecular weight is 276 g/mol. The number of hydrogen-bond donors (Lipinski definition) is 2. The van der Waals surface area contributed by atoms with E-state index in [4.69, 9.17) is 4.74 Å². The molecule has 0 unspecified atom stereocenters. The lowest BCUT2D eigenvalue weighted by molar-refractivity contribution is -0.125. The van der Waals surface area contributed by atoms with Gasteiger partial charge in [-0.3, -0.25) is 9.59 Å². The summed E-state index contributed by atoms with van der Waals surface area (Å²) < 4.78 is 5.28. The van der Waals surface area contributed by atoms with Gasteiger partial charge in [0, 0.05) is 13.0 Å². The highest BCUT2D eigenvalue weighted by molar-refractivity contribution is 5.90. The van der Waals surface area contributed by atoms with Gasteiger partial charge in [-0.05, 0) is 30.9 Å². The molecule has 1 atom stereocenters. The molecule has 2 rings (SSSR count). The minimum atomic E-state index is -0.353. The van der Waals surface area contributed by atoms with Crippen LogP contribution in [0.4, 0.5) is 0 Å². The van der Waals surface area contributed by atoms with E-state index in [2.05, 4.69) is 10.6 Å². The van der Waals surface area contributed by atoms with Crippen molar-refractivity contribution in [2.45, 2.75) is 31.7 Å². The molecule has 5 nitrogen and oxygen atoms in total. The SMILES string of the molecule is COc1ccccc1CCCNC(=O)[C@@H]1CCC(=O)N1. The van der Waals surface area contributed by atoms with Crippen LogP contribution in [0.3, 0.4) is 0 Å². The van der Waals surface area contributed by atoms with E-state index >= 15 is 0 Å². The lowest BCUT2D eigenvalue weighted by Crippen LogP contribution is -2.41. The van der Waals surface area contributed by atoms with Crippen molar-refractivity contribution in [2.75, 3.05) is 13.7 Å². The molecule has 108 valence electrons. The first kappa shape index (κ1) is 14.4. The zero-order valence-corrected chi connectivity index (χ0v) is 11.6. The van der Waals surface area contributed by atoms with Crippen LogP contribution in [-0.4, -0.2) is 31.5 Å². The van der Waals surface area contributed by atoms with Crippen LogP contribution in [0.5, 0.6) is 5.75 Å². The summed E-state index contributed by atoms with van der Waals surface area (Å²) >= 11 is 0. The highest BCUT2D eigenvalue weighted by atomic mass is 16.5. The summed E-state index contributed by atoms with van der Waals surface area (Å²) in [5.41, 5.74) is 1.14. The summed E-state index contributed by atoms with van der Waals surface area (Å²) in [7, 11) is 1.66. The number of carbonyl (C=O) groups excluding carboxylic acids is 2. The molecule has 0 saturated carbocycles. The summed E-state index contributed by atoms with van der Waals surface area (Å²) in [5.74, 6) is 0.747. The Bertz CT molecular complexity index is 488. The van der Waals surface area contributed by atoms with Crippen molar-refractivity contribution in [1.82, 2.24) is 10.6 Å². The maximum absolute atomic E-state index is 11.8. The molecule has 0 aromatic heterocycles. The fourth-order valence-corrected chi connectivity index (χ4v) is 2.33. The summed E-state index contributed by atoms with van der Waals surface area (Å²) in [6.45, 7) is 0.600. The highest BCUT2D eigenvalue weighted by Gasteiger charge is 2.26. The molecule has 2 N–H and O–H groups in total. The van der Waals surface area contributed by atoms with Crippen LogP contribution < -0.4 is 15.4 Å². The summed E-state index contributed by atoms with van der Waals surface area (Å²) in [6, 6.07) is 7.52. The van der Waals surface area contributed by atoms with Crippen molar-refractivity contribution in [3.05, 3.63) is 29.8 Å². The van der Waals surface area contributed by atoms with Gasteiger partial charge >= 0.3 is 0 Å². The molecular weight excluding hydrogens is 256 g/mol. The van der Waals surface area contributed by atoms with Gasteiger partial charge in [0.25, 0.3) is 0 Å². The average Bonchev–Trinajstić information content (AvgIpc) is 2.90. The first-order valence-electron chi connectivity index (χ1n) is 6.89. The highest BCUT2D eigenvalue weighted by Crippen LogP contribution is 2.18. The molecular formula is C15H20N2O3. The van der Waals surface area contributed by atoms with Gasteiger partial charge in [-0.1, -0.05) is 18.2 Å². The summed E-state index contributed by atoms with van der Waals surface area (Å²) in [4.78, 5) is 22.8. The number of nitrogens with one attached hydrogen (secondary N) is 2. The van der Waals surface area contributed by atoms with Crippen LogP contribution in [0.1, 0.15) is 24.8 Å². The first-order valence-corrected chi connectivity index (χ1v) is 6.89. The zero-order valence-electron chi connectivity index (χ0n) is 11.6. The van der Waals surface area contributed by atoms with Crippen molar-refractivity contribution in [1.29, 1.82) is 0 Å². The number of hydrogen-bond acceptors (Lipinski definition) is 3. The predicted octanol–water partition coefficient (Wildman–Crippen LogP) is 1.02. The second-order valence-electron chi connectivity index (χ2n) is 4.87. The van der Waals surface area contributed by atoms with Gasteiger partial charge in [0.2, 0.25) is 11.8 Å². The maximum Gasteiger partial charge on any atom is 0.242 e. The number of carbonyl (C=O) groups is 2. The Morgan fingerprint density at radius 3 is 2.95 bits per heavy atom. The molecule has 1 aliphatic heterocycles. The number of benzene rings is 1. The molecule has 0 bridgehead atoms. The third-order valence-corrected chi connectivity index (χ3v) is 3.43. The number of ether oxygens (including phenoxy) is 1. The van der Waals surface area contributed by atoms with Crippen molar-refractivity contribution >= 4 is 11.8 Å². The Balaban J connectivity index is 1.71. The van der Waals surface area contributed by atoms with Crippen molar-refractivity contribution in [2.24, 2.45) is 0 Å². The molecule has 0 radical (unpaired) electrons. The molecule has 0 aliphatic carbocycles. The smallest absolute Gasteiger partial charge is 0.242 e. The van der Waals surface area contributed by atoms with E-state index in [0.29, 0.717) is 19.4 Å². The molecule has 0 spiro atoms. The maximum atomic E-state index is 11.8. The number of para-hydroxylation sites is 1. The largest absolute Gasteiger partial charge is 0.496 e. The fourth-order valence-electron chi connectivity index (χ4n) is 2.33. The number of rotatable bonds is 6. The number of methoxy groups -OCH3 is 1. The fraction of sp³-hybridized carbons (Fsp3) is 0.467. The topological polar surface area (TPSA) is 67.4 Å². The minimum Gasteiger partial charge on any atom is -0.496 e. The summed E-state index contributed by atoms with van der Waals surface area (Å²) in [5, 5.41) is 5.52. The van der Waals surface area contributed by atoms with E-state index in [1.54, 1.807) is 7.11 Å². The molecule has 2 amide bonds. The quantitative estimate of drug-likeness (QED) is 0.762. The van der Waals surface area contributed by atoms with Gasteiger partial charge in [-0.15, -0.1) is 0 Å². The zero-order chi connectivity index (χ0) is 14.4. The van der Waals surface area contributed by atoms with E-state index < -0.39 is 0 Å². The third-order valence-electron chi connectivity index (χ3n) is 3.43. The molecule has 1 saturated heterocycles. The molecule has 1 aromatic carbocycles. The molecule has 5 heteroatoms. The van der Waals surface area contributed by atoms with E-state index in [-0.39, 0.29) is 17.9 Å². The Labute approximate surface area is 118 Å². The van der Waals surface area contributed by atoms with Crippen LogP contribution in [0.2, 0.25) is 0 Å². The van der Waals surface area contributed by atoms with E-state index in [0.717, 1.165) is 24.2 Å². The number of amides is 2. The van der Waals surface area contributed by atoms with Crippen LogP contribution >= 0.6 is 0 Å². The van der Waals surface area contributed by atoms with Crippen molar-refractivity contribution < 1.29 is 14.3 Å². The summed E-state index contributed by atoms with van der Waals surface area (Å²) in [6.07, 6.45) is 2.73. The number of aryl methyl sites for hydroxylation is 1. The Morgan fingerprint density at radius 2 is 2.25 bits per heavy atom. The van der Waals surface area contributed by atoms with Gasteiger partial charge in [0.15, 0.2) is 0 Å². The Morgan fingerprint density at radius 1 is 1.45 bits per heavy atom. The minimum absolute atomic E-state index is 0.0424. The Kier molecular flexibility index (Phi) is 4.98. The van der Waals surface area contributed by atoms with Gasteiger partial charge in [0.1, 0.15) is 11.8 Å². The Hall–Kier alpha value is -2.04. The predicted molar refractivity (Wildman–Crippen MR) is 75.5 cm³/mol. The molecule has 20 heavy (non-hydrogen) atoms. The van der Waals surface area contributed by atoms with Crippen LogP contribution in [-0.2, 0) is 16.0 Å². The molecule has 1 fully saturated rings. The molecule has 1 heterocycles. The van der Waals surface area contributed by atoms with Gasteiger partial charge < -0.3 is 15.4 Å². The lowest BCUT2D eigenvalue weighted by Gasteiger charge is -2.11. The lowest BCUT2D eigenvalue weighted by atomic mass is 10.1. The second kappa shape index (κ2) is 6.93. The van der Waals surface area contributed by atoms with Crippen LogP contribution in [0.25, 0.3) is 0 Å². The van der Waals surface area contributed by atoms with Gasteiger partial charge in [-0.25, -0.2) is 0 Å². The molecule has 1 aromatic rings. The third kappa shape index (κ3) is 3.73. The van der Waals surface area contributed by atoms with Crippen molar-refractivity contribution in [3.63, 3.8) is 0 Å². The van der Waals surface area contributed by atoms with Gasteiger partial charge in [0.05, 0.1) is 7.11 Å². The van der Waals surface area contributed by atoms with Gasteiger partial charge in [-0.2, -0.15) is 0 Å².